The maximum absolute atomic E-state index is 5.25. The third-order valence-corrected chi connectivity index (χ3v) is 2.61. The van der Waals surface area contributed by atoms with E-state index in [1.165, 1.54) is 31.6 Å². The number of rotatable bonds is 0. The molecule has 0 saturated carbocycles. The molecule has 11 heavy (non-hydrogen) atoms. The Hall–Kier alpha value is -0.610. The summed E-state index contributed by atoms with van der Waals surface area (Å²) >= 11 is 0. The minimum atomic E-state index is 0. The fraction of sp³-hybridized carbons (Fsp3) is 0.857. The maximum atomic E-state index is 5.25. The van der Waals surface area contributed by atoms with Gasteiger partial charge in [-0.25, -0.2) is 0 Å². The van der Waals surface area contributed by atoms with Gasteiger partial charge in [-0.2, -0.15) is 5.10 Å². The number of hydrazone groups is 1. The highest BCUT2D eigenvalue weighted by molar-refractivity contribution is 5.89. The van der Waals surface area contributed by atoms with Crippen LogP contribution in [0, 0.1) is 5.92 Å². The van der Waals surface area contributed by atoms with Crippen LogP contribution in [0.15, 0.2) is 5.10 Å². The number of hydrogen-bond donors (Lipinski definition) is 1. The third-order valence-electron chi connectivity index (χ3n) is 2.61. The molecule has 4 heteroatoms. The van der Waals surface area contributed by atoms with E-state index in [2.05, 4.69) is 10.0 Å². The lowest BCUT2D eigenvalue weighted by Gasteiger charge is -2.39. The molecular formula is C7H15N3O. The van der Waals surface area contributed by atoms with Crippen molar-refractivity contribution in [2.45, 2.75) is 12.8 Å². The van der Waals surface area contributed by atoms with Crippen molar-refractivity contribution in [2.75, 3.05) is 19.6 Å². The largest absolute Gasteiger partial charge is 0.412 e. The van der Waals surface area contributed by atoms with Gasteiger partial charge >= 0.3 is 0 Å². The molecule has 2 bridgehead atoms. The van der Waals surface area contributed by atoms with Crippen molar-refractivity contribution < 1.29 is 5.48 Å². The van der Waals surface area contributed by atoms with E-state index in [-0.39, 0.29) is 5.48 Å². The van der Waals surface area contributed by atoms with Crippen molar-refractivity contribution in [1.29, 1.82) is 0 Å². The number of hydrogen-bond acceptors (Lipinski definition) is 3. The van der Waals surface area contributed by atoms with Crippen LogP contribution in [0.4, 0.5) is 0 Å². The Morgan fingerprint density at radius 3 is 2.27 bits per heavy atom. The van der Waals surface area contributed by atoms with Gasteiger partial charge in [0.15, 0.2) is 0 Å². The monoisotopic (exact) mass is 157 g/mol. The molecule has 3 saturated heterocycles. The molecule has 4 N–H and O–H groups in total. The Morgan fingerprint density at radius 2 is 2.00 bits per heavy atom. The van der Waals surface area contributed by atoms with Gasteiger partial charge in [0.05, 0.1) is 5.71 Å². The lowest BCUT2D eigenvalue weighted by molar-refractivity contribution is 0.200. The fourth-order valence-corrected chi connectivity index (χ4v) is 1.93. The second-order valence-corrected chi connectivity index (χ2v) is 3.17. The summed E-state index contributed by atoms with van der Waals surface area (Å²) in [4.78, 5) is 2.42. The Labute approximate surface area is 66.4 Å². The summed E-state index contributed by atoms with van der Waals surface area (Å²) in [6.45, 7) is 3.54. The second-order valence-electron chi connectivity index (χ2n) is 3.17. The van der Waals surface area contributed by atoms with Crippen molar-refractivity contribution >= 4 is 5.71 Å². The van der Waals surface area contributed by atoms with E-state index in [0.29, 0.717) is 0 Å². The predicted molar refractivity (Wildman–Crippen MR) is 44.4 cm³/mol. The van der Waals surface area contributed by atoms with Crippen LogP contribution in [0.5, 0.6) is 0 Å². The SMILES string of the molecule is N/N=C1\CN2CCC1CC2.O. The first-order chi connectivity index (χ1) is 4.90. The van der Waals surface area contributed by atoms with Gasteiger partial charge in [0, 0.05) is 12.5 Å². The fourth-order valence-electron chi connectivity index (χ4n) is 1.93. The van der Waals surface area contributed by atoms with E-state index in [1.807, 2.05) is 0 Å². The van der Waals surface area contributed by atoms with Crippen LogP contribution < -0.4 is 5.84 Å². The van der Waals surface area contributed by atoms with Crippen LogP contribution in [-0.4, -0.2) is 35.7 Å². The van der Waals surface area contributed by atoms with Crippen molar-refractivity contribution in [2.24, 2.45) is 16.9 Å². The summed E-state index contributed by atoms with van der Waals surface area (Å²) < 4.78 is 0. The van der Waals surface area contributed by atoms with Crippen molar-refractivity contribution in [3.05, 3.63) is 0 Å². The Bertz CT molecular complexity index is 161. The van der Waals surface area contributed by atoms with Crippen LogP contribution in [0.25, 0.3) is 0 Å². The van der Waals surface area contributed by atoms with Crippen molar-refractivity contribution in [3.63, 3.8) is 0 Å². The zero-order chi connectivity index (χ0) is 6.97. The van der Waals surface area contributed by atoms with Gasteiger partial charge in [-0.05, 0) is 25.9 Å². The van der Waals surface area contributed by atoms with Gasteiger partial charge in [-0.15, -0.1) is 0 Å². The van der Waals surface area contributed by atoms with Crippen LogP contribution in [0.3, 0.4) is 0 Å². The maximum Gasteiger partial charge on any atom is 0.0547 e. The first-order valence-electron chi connectivity index (χ1n) is 3.89. The van der Waals surface area contributed by atoms with E-state index in [9.17, 15) is 0 Å². The van der Waals surface area contributed by atoms with Crippen molar-refractivity contribution in [3.8, 4) is 0 Å². The first-order valence-corrected chi connectivity index (χ1v) is 3.89. The summed E-state index contributed by atoms with van der Waals surface area (Å²) in [5, 5.41) is 3.81. The summed E-state index contributed by atoms with van der Waals surface area (Å²) in [5.74, 6) is 5.97. The molecule has 0 aromatic carbocycles. The molecule has 0 aliphatic carbocycles. The van der Waals surface area contributed by atoms with Crippen molar-refractivity contribution in [1.82, 2.24) is 4.90 Å². The van der Waals surface area contributed by atoms with E-state index in [1.54, 1.807) is 0 Å². The lowest BCUT2D eigenvalue weighted by Crippen LogP contribution is -2.48. The molecule has 0 unspecified atom stereocenters. The molecule has 0 aromatic heterocycles. The van der Waals surface area contributed by atoms with Crippen LogP contribution in [-0.2, 0) is 0 Å². The van der Waals surface area contributed by atoms with Crippen LogP contribution in [0.2, 0.25) is 0 Å². The zero-order valence-corrected chi connectivity index (χ0v) is 6.58. The van der Waals surface area contributed by atoms with Gasteiger partial charge < -0.3 is 11.3 Å². The Balaban J connectivity index is 0.000000605. The van der Waals surface area contributed by atoms with Crippen LogP contribution in [0.1, 0.15) is 12.8 Å². The normalized spacial score (nSPS) is 38.7. The number of nitrogens with two attached hydrogens (primary N) is 1. The molecule has 3 aliphatic rings. The van der Waals surface area contributed by atoms with Gasteiger partial charge in [0.1, 0.15) is 0 Å². The number of piperidine rings is 3. The average molecular weight is 157 g/mol. The summed E-state index contributed by atoms with van der Waals surface area (Å²) in [7, 11) is 0. The van der Waals surface area contributed by atoms with E-state index in [4.69, 9.17) is 5.84 Å². The van der Waals surface area contributed by atoms with Gasteiger partial charge in [0.25, 0.3) is 0 Å². The van der Waals surface area contributed by atoms with E-state index >= 15 is 0 Å². The first kappa shape index (κ1) is 8.49. The molecule has 0 radical (unpaired) electrons. The van der Waals surface area contributed by atoms with E-state index in [0.717, 1.165) is 12.5 Å². The quantitative estimate of drug-likeness (QED) is 0.369. The summed E-state index contributed by atoms with van der Waals surface area (Å²) in [6, 6.07) is 0. The van der Waals surface area contributed by atoms with Gasteiger partial charge in [0.2, 0.25) is 0 Å². The molecule has 4 nitrogen and oxygen atoms in total. The second kappa shape index (κ2) is 3.19. The standard InChI is InChI=1S/C7H13N3.H2O/c8-9-7-5-10-3-1-6(7)2-4-10;/h6H,1-5,8H2;1H2/b9-7+;. The zero-order valence-electron chi connectivity index (χ0n) is 6.58. The topological polar surface area (TPSA) is 73.1 Å². The minimum absolute atomic E-state index is 0. The smallest absolute Gasteiger partial charge is 0.0547 e. The predicted octanol–water partition coefficient (Wildman–Crippen LogP) is -0.798. The summed E-state index contributed by atoms with van der Waals surface area (Å²) in [6.07, 6.45) is 2.55. The molecule has 64 valence electrons. The van der Waals surface area contributed by atoms with Crippen LogP contribution >= 0.6 is 0 Å². The molecule has 3 aliphatic heterocycles. The van der Waals surface area contributed by atoms with Gasteiger partial charge in [-0.1, -0.05) is 0 Å². The number of fused-ring (bicyclic) bond motifs is 3. The lowest BCUT2D eigenvalue weighted by atomic mass is 9.87. The highest BCUT2D eigenvalue weighted by Gasteiger charge is 2.30. The van der Waals surface area contributed by atoms with Gasteiger partial charge in [-0.3, -0.25) is 4.90 Å². The van der Waals surface area contributed by atoms with E-state index < -0.39 is 0 Å². The molecule has 0 amide bonds. The highest BCUT2D eigenvalue weighted by Crippen LogP contribution is 2.24. The number of nitrogens with zero attached hydrogens (tertiary/aromatic N) is 2. The Kier molecular flexibility index (Phi) is 2.46. The molecule has 3 rings (SSSR count). The average Bonchev–Trinajstić information content (AvgIpc) is 2.06. The molecule has 3 fully saturated rings. The molecule has 0 atom stereocenters. The molecule has 3 heterocycles. The molecular weight excluding hydrogens is 142 g/mol. The highest BCUT2D eigenvalue weighted by atomic mass is 16.0. The summed E-state index contributed by atoms with van der Waals surface area (Å²) in [5.41, 5.74) is 1.22. The molecule has 0 spiro atoms. The minimum Gasteiger partial charge on any atom is -0.412 e. The third kappa shape index (κ3) is 1.36. The molecule has 0 aromatic rings. The Morgan fingerprint density at radius 1 is 1.36 bits per heavy atom.